The molecule has 0 amide bonds. The fourth-order valence-corrected chi connectivity index (χ4v) is 4.09. The number of rotatable bonds is 6. The third-order valence-electron chi connectivity index (χ3n) is 3.29. The maximum Gasteiger partial charge on any atom is 0.130 e. The van der Waals surface area contributed by atoms with Crippen molar-refractivity contribution in [2.75, 3.05) is 0 Å². The van der Waals surface area contributed by atoms with Crippen LogP contribution < -0.4 is 0 Å². The number of hydrogen-bond acceptors (Lipinski definition) is 4. The van der Waals surface area contributed by atoms with Crippen molar-refractivity contribution in [3.8, 4) is 0 Å². The molecule has 108 valence electrons. The van der Waals surface area contributed by atoms with E-state index in [4.69, 9.17) is 4.98 Å². The minimum absolute atomic E-state index is 0.956. The van der Waals surface area contributed by atoms with Crippen LogP contribution in [0.15, 0.2) is 46.8 Å². The molecule has 0 unspecified atom stereocenters. The van der Waals surface area contributed by atoms with Crippen molar-refractivity contribution in [2.24, 2.45) is 0 Å². The second-order valence-electron chi connectivity index (χ2n) is 4.96. The van der Waals surface area contributed by atoms with Gasteiger partial charge < -0.3 is 0 Å². The summed E-state index contributed by atoms with van der Waals surface area (Å²) in [6.07, 6.45) is 3.30. The van der Waals surface area contributed by atoms with Gasteiger partial charge in [0, 0.05) is 12.2 Å². The lowest BCUT2D eigenvalue weighted by Gasteiger charge is -2.06. The highest BCUT2D eigenvalue weighted by molar-refractivity contribution is 7.98. The normalized spacial score (nSPS) is 11.1. The van der Waals surface area contributed by atoms with Gasteiger partial charge in [-0.05, 0) is 23.4 Å². The summed E-state index contributed by atoms with van der Waals surface area (Å²) < 4.78 is 1.22. The highest BCUT2D eigenvalue weighted by atomic mass is 32.2. The van der Waals surface area contributed by atoms with Gasteiger partial charge in [0.15, 0.2) is 0 Å². The lowest BCUT2D eigenvalue weighted by molar-refractivity contribution is 0.748. The van der Waals surface area contributed by atoms with Crippen LogP contribution in [0, 0.1) is 0 Å². The molecule has 0 aliphatic carbocycles. The minimum atomic E-state index is 0.956. The van der Waals surface area contributed by atoms with Crippen molar-refractivity contribution in [3.05, 3.63) is 53.2 Å². The second kappa shape index (κ2) is 7.05. The molecule has 0 aliphatic heterocycles. The Morgan fingerprint density at radius 2 is 1.95 bits per heavy atom. The summed E-state index contributed by atoms with van der Waals surface area (Å²) in [7, 11) is 0. The van der Waals surface area contributed by atoms with E-state index in [2.05, 4.69) is 53.7 Å². The Morgan fingerprint density at radius 3 is 2.76 bits per heavy atom. The first kappa shape index (κ1) is 14.5. The number of hydrogen-bond donors (Lipinski definition) is 0. The molecule has 0 bridgehead atoms. The average Bonchev–Trinajstić information content (AvgIpc) is 3.00. The van der Waals surface area contributed by atoms with Crippen LogP contribution in [-0.4, -0.2) is 9.97 Å². The van der Waals surface area contributed by atoms with Crippen LogP contribution in [0.4, 0.5) is 0 Å². The molecular formula is C17H18N2S2. The number of benzene rings is 1. The predicted octanol–water partition coefficient (Wildman–Crippen LogP) is 5.33. The monoisotopic (exact) mass is 314 g/mol. The van der Waals surface area contributed by atoms with Gasteiger partial charge in [-0.15, -0.1) is 23.1 Å². The number of thiophene rings is 1. The summed E-state index contributed by atoms with van der Waals surface area (Å²) in [5.74, 6) is 1.94. The summed E-state index contributed by atoms with van der Waals surface area (Å²) in [4.78, 5) is 9.46. The average molecular weight is 314 g/mol. The van der Waals surface area contributed by atoms with Crippen LogP contribution in [0.1, 0.15) is 31.2 Å². The van der Waals surface area contributed by atoms with Crippen molar-refractivity contribution in [1.29, 1.82) is 0 Å². The third kappa shape index (κ3) is 3.63. The summed E-state index contributed by atoms with van der Waals surface area (Å²) in [6, 6.07) is 12.7. The molecule has 2 heterocycles. The standard InChI is InChI=1S/C17H18N2S2/c1-2-3-9-15-18-14-10-11-20-16(14)17(19-15)21-12-13-7-5-4-6-8-13/h4-8,10-11H,2-3,9,12H2,1H3. The first-order valence-electron chi connectivity index (χ1n) is 7.27. The van der Waals surface area contributed by atoms with Gasteiger partial charge in [0.25, 0.3) is 0 Å². The Morgan fingerprint density at radius 1 is 1.10 bits per heavy atom. The van der Waals surface area contributed by atoms with Crippen molar-refractivity contribution < 1.29 is 0 Å². The number of fused-ring (bicyclic) bond motifs is 1. The van der Waals surface area contributed by atoms with Crippen LogP contribution >= 0.6 is 23.1 Å². The molecule has 0 aliphatic rings. The zero-order chi connectivity index (χ0) is 14.5. The van der Waals surface area contributed by atoms with Gasteiger partial charge in [0.05, 0.1) is 10.2 Å². The molecule has 0 fully saturated rings. The third-order valence-corrected chi connectivity index (χ3v) is 5.38. The largest absolute Gasteiger partial charge is 0.232 e. The Bertz CT molecular complexity index is 707. The van der Waals surface area contributed by atoms with Crippen molar-refractivity contribution in [2.45, 2.75) is 37.0 Å². The van der Waals surface area contributed by atoms with Crippen molar-refractivity contribution in [3.63, 3.8) is 0 Å². The van der Waals surface area contributed by atoms with E-state index in [-0.39, 0.29) is 0 Å². The molecule has 0 atom stereocenters. The van der Waals surface area contributed by atoms with E-state index < -0.39 is 0 Å². The Balaban J connectivity index is 1.83. The van der Waals surface area contributed by atoms with Crippen molar-refractivity contribution >= 4 is 33.3 Å². The quantitative estimate of drug-likeness (QED) is 0.454. The summed E-state index contributed by atoms with van der Waals surface area (Å²) in [5, 5.41) is 3.24. The molecule has 0 radical (unpaired) electrons. The highest BCUT2D eigenvalue weighted by Crippen LogP contribution is 2.31. The van der Waals surface area contributed by atoms with Gasteiger partial charge in [0.2, 0.25) is 0 Å². The van der Waals surface area contributed by atoms with Crippen LogP contribution in [0.2, 0.25) is 0 Å². The Kier molecular flexibility index (Phi) is 4.88. The number of unbranched alkanes of at least 4 members (excludes halogenated alkanes) is 1. The highest BCUT2D eigenvalue weighted by Gasteiger charge is 2.09. The molecule has 0 spiro atoms. The molecule has 21 heavy (non-hydrogen) atoms. The van der Waals surface area contributed by atoms with E-state index in [0.717, 1.165) is 35.0 Å². The number of thioether (sulfide) groups is 1. The smallest absolute Gasteiger partial charge is 0.130 e. The van der Waals surface area contributed by atoms with Crippen LogP contribution in [0.25, 0.3) is 10.2 Å². The molecule has 3 aromatic rings. The zero-order valence-corrected chi connectivity index (χ0v) is 13.7. The maximum atomic E-state index is 4.79. The van der Waals surface area contributed by atoms with E-state index >= 15 is 0 Å². The van der Waals surface area contributed by atoms with Gasteiger partial charge in [-0.1, -0.05) is 43.7 Å². The topological polar surface area (TPSA) is 25.8 Å². The zero-order valence-electron chi connectivity index (χ0n) is 12.1. The number of aryl methyl sites for hydroxylation is 1. The molecular weight excluding hydrogens is 296 g/mol. The number of aromatic nitrogens is 2. The van der Waals surface area contributed by atoms with Crippen LogP contribution in [-0.2, 0) is 12.2 Å². The van der Waals surface area contributed by atoms with Crippen molar-refractivity contribution in [1.82, 2.24) is 9.97 Å². The molecule has 0 saturated carbocycles. The second-order valence-corrected chi connectivity index (χ2v) is 6.84. The van der Waals surface area contributed by atoms with Crippen LogP contribution in [0.3, 0.4) is 0 Å². The van der Waals surface area contributed by atoms with Crippen LogP contribution in [0.5, 0.6) is 0 Å². The molecule has 1 aromatic carbocycles. The molecule has 4 heteroatoms. The molecule has 0 N–H and O–H groups in total. The summed E-state index contributed by atoms with van der Waals surface area (Å²) in [6.45, 7) is 2.20. The molecule has 0 saturated heterocycles. The van der Waals surface area contributed by atoms with E-state index in [9.17, 15) is 0 Å². The fourth-order valence-electron chi connectivity index (χ4n) is 2.15. The van der Waals surface area contributed by atoms with Gasteiger partial charge in [-0.2, -0.15) is 0 Å². The van der Waals surface area contributed by atoms with E-state index in [1.54, 1.807) is 11.3 Å². The first-order chi connectivity index (χ1) is 10.4. The molecule has 3 rings (SSSR count). The number of nitrogens with zero attached hydrogens (tertiary/aromatic N) is 2. The summed E-state index contributed by atoms with van der Waals surface area (Å²) >= 11 is 3.55. The van der Waals surface area contributed by atoms with Gasteiger partial charge in [-0.25, -0.2) is 9.97 Å². The lowest BCUT2D eigenvalue weighted by atomic mass is 10.2. The van der Waals surface area contributed by atoms with Gasteiger partial charge in [-0.3, -0.25) is 0 Å². The van der Waals surface area contributed by atoms with E-state index in [0.29, 0.717) is 0 Å². The van der Waals surface area contributed by atoms with Gasteiger partial charge >= 0.3 is 0 Å². The van der Waals surface area contributed by atoms with E-state index in [1.807, 2.05) is 11.8 Å². The van der Waals surface area contributed by atoms with Gasteiger partial charge in [0.1, 0.15) is 10.9 Å². The molecule has 2 aromatic heterocycles. The maximum absolute atomic E-state index is 4.79. The Hall–Kier alpha value is -1.39. The minimum Gasteiger partial charge on any atom is -0.232 e. The van der Waals surface area contributed by atoms with E-state index in [1.165, 1.54) is 16.7 Å². The Labute approximate surface area is 133 Å². The predicted molar refractivity (Wildman–Crippen MR) is 92.0 cm³/mol. The SMILES string of the molecule is CCCCc1nc(SCc2ccccc2)c2sccc2n1. The fraction of sp³-hybridized carbons (Fsp3) is 0.294. The first-order valence-corrected chi connectivity index (χ1v) is 9.14. The molecule has 2 nitrogen and oxygen atoms in total. The summed E-state index contributed by atoms with van der Waals surface area (Å²) in [5.41, 5.74) is 2.43. The lowest BCUT2D eigenvalue weighted by Crippen LogP contribution is -1.97.